The summed E-state index contributed by atoms with van der Waals surface area (Å²) in [5.41, 5.74) is 0.188. The number of rotatable bonds is 4. The van der Waals surface area contributed by atoms with E-state index in [-0.39, 0.29) is 17.1 Å². The van der Waals surface area contributed by atoms with E-state index in [0.29, 0.717) is 0 Å². The fourth-order valence-corrected chi connectivity index (χ4v) is 1.61. The van der Waals surface area contributed by atoms with E-state index in [1.807, 2.05) is 0 Å². The second-order valence-corrected chi connectivity index (χ2v) is 4.28. The van der Waals surface area contributed by atoms with E-state index in [2.05, 4.69) is 10.2 Å². The van der Waals surface area contributed by atoms with Gasteiger partial charge in [0.05, 0.1) is 6.26 Å². The topological polar surface area (TPSA) is 93.8 Å². The Hall–Kier alpha value is -2.12. The average Bonchev–Trinajstić information content (AvgIpc) is 2.80. The van der Waals surface area contributed by atoms with Crippen molar-refractivity contribution in [3.05, 3.63) is 54.0 Å². The summed E-state index contributed by atoms with van der Waals surface area (Å²) in [6.07, 6.45) is 1.36. The molecule has 0 bridgehead atoms. The van der Waals surface area contributed by atoms with Gasteiger partial charge in [0.2, 0.25) is 5.78 Å². The zero-order chi connectivity index (χ0) is 13.2. The summed E-state index contributed by atoms with van der Waals surface area (Å²) >= 11 is 0. The van der Waals surface area contributed by atoms with Crippen LogP contribution in [-0.2, 0) is 10.4 Å². The maximum atomic E-state index is 11.8. The van der Waals surface area contributed by atoms with Crippen molar-refractivity contribution in [3.8, 4) is 5.75 Å². The highest BCUT2D eigenvalue weighted by molar-refractivity contribution is 7.81. The van der Waals surface area contributed by atoms with Gasteiger partial charge in [-0.05, 0) is 36.4 Å². The molecule has 0 aliphatic rings. The molecular weight excluding hydrogens is 260 g/mol. The van der Waals surface area contributed by atoms with Gasteiger partial charge in [-0.2, -0.15) is 8.42 Å². The minimum absolute atomic E-state index is 0.145. The Kier molecular flexibility index (Phi) is 3.17. The molecule has 0 atom stereocenters. The number of carbonyl (C=O) groups excluding carboxylic acids is 1. The first kappa shape index (κ1) is 12.3. The number of benzene rings is 1. The maximum absolute atomic E-state index is 11.8. The maximum Gasteiger partial charge on any atom is 0.446 e. The van der Waals surface area contributed by atoms with Crippen molar-refractivity contribution in [2.45, 2.75) is 0 Å². The summed E-state index contributed by atoms with van der Waals surface area (Å²) in [7, 11) is -4.58. The van der Waals surface area contributed by atoms with Crippen LogP contribution in [0, 0.1) is 6.07 Å². The number of hydrogen-bond donors (Lipinski definition) is 1. The summed E-state index contributed by atoms with van der Waals surface area (Å²) in [4.78, 5) is 11.8. The predicted molar refractivity (Wildman–Crippen MR) is 59.6 cm³/mol. The summed E-state index contributed by atoms with van der Waals surface area (Å²) in [5, 5.41) is 0. The normalized spacial score (nSPS) is 11.2. The van der Waals surface area contributed by atoms with Gasteiger partial charge in [-0.15, -0.1) is 0 Å². The highest BCUT2D eigenvalue weighted by Crippen LogP contribution is 2.16. The Morgan fingerprint density at radius 2 is 2.11 bits per heavy atom. The van der Waals surface area contributed by atoms with E-state index < -0.39 is 16.2 Å². The molecule has 0 unspecified atom stereocenters. The Labute approximate surface area is 103 Å². The van der Waals surface area contributed by atoms with Crippen LogP contribution >= 0.6 is 0 Å². The molecule has 1 aromatic carbocycles. The number of carbonyl (C=O) groups is 1. The molecule has 0 saturated heterocycles. The minimum Gasteiger partial charge on any atom is -0.461 e. The van der Waals surface area contributed by atoms with Gasteiger partial charge in [0, 0.05) is 5.56 Å². The molecule has 2 rings (SSSR count). The predicted octanol–water partition coefficient (Wildman–Crippen LogP) is 1.49. The van der Waals surface area contributed by atoms with Crippen LogP contribution in [0.25, 0.3) is 0 Å². The third-order valence-corrected chi connectivity index (χ3v) is 2.38. The van der Waals surface area contributed by atoms with Gasteiger partial charge < -0.3 is 8.60 Å². The fraction of sp³-hybridized carbons (Fsp3) is 0. The molecule has 2 aromatic rings. The molecule has 1 radical (unpaired) electrons. The van der Waals surface area contributed by atoms with Gasteiger partial charge in [-0.3, -0.25) is 9.35 Å². The molecule has 7 heteroatoms. The fourth-order valence-electron chi connectivity index (χ4n) is 1.27. The molecule has 0 aliphatic heterocycles. The molecular formula is C11H7O6S. The lowest BCUT2D eigenvalue weighted by Gasteiger charge is -2.01. The van der Waals surface area contributed by atoms with Gasteiger partial charge in [0.25, 0.3) is 0 Å². The summed E-state index contributed by atoms with van der Waals surface area (Å²) < 4.78 is 38.5. The lowest BCUT2D eigenvalue weighted by molar-refractivity contribution is 0.101. The lowest BCUT2D eigenvalue weighted by Crippen LogP contribution is -2.07. The van der Waals surface area contributed by atoms with Crippen molar-refractivity contribution < 1.29 is 26.4 Å². The van der Waals surface area contributed by atoms with Crippen LogP contribution in [0.1, 0.15) is 16.1 Å². The van der Waals surface area contributed by atoms with E-state index in [0.717, 1.165) is 6.07 Å². The molecule has 0 aliphatic carbocycles. The Balaban J connectivity index is 2.20. The Bertz CT molecular complexity index is 639. The van der Waals surface area contributed by atoms with Crippen molar-refractivity contribution in [2.75, 3.05) is 0 Å². The first-order valence-corrected chi connectivity index (χ1v) is 6.09. The van der Waals surface area contributed by atoms with Crippen molar-refractivity contribution in [1.29, 1.82) is 0 Å². The van der Waals surface area contributed by atoms with Crippen LogP contribution in [0.4, 0.5) is 0 Å². The Morgan fingerprint density at radius 1 is 1.33 bits per heavy atom. The van der Waals surface area contributed by atoms with E-state index >= 15 is 0 Å². The van der Waals surface area contributed by atoms with Crippen LogP contribution < -0.4 is 4.18 Å². The number of hydrogen-bond acceptors (Lipinski definition) is 5. The zero-order valence-electron chi connectivity index (χ0n) is 8.86. The monoisotopic (exact) mass is 267 g/mol. The third-order valence-electron chi connectivity index (χ3n) is 1.98. The van der Waals surface area contributed by atoms with Gasteiger partial charge >= 0.3 is 10.4 Å². The lowest BCUT2D eigenvalue weighted by atomic mass is 10.1. The molecule has 6 nitrogen and oxygen atoms in total. The second-order valence-electron chi connectivity index (χ2n) is 3.26. The van der Waals surface area contributed by atoms with Crippen molar-refractivity contribution in [3.63, 3.8) is 0 Å². The minimum atomic E-state index is -4.58. The van der Waals surface area contributed by atoms with E-state index in [1.165, 1.54) is 24.5 Å². The summed E-state index contributed by atoms with van der Waals surface area (Å²) in [6, 6.07) is 9.27. The molecule has 0 fully saturated rings. The van der Waals surface area contributed by atoms with Crippen molar-refractivity contribution >= 4 is 16.2 Å². The highest BCUT2D eigenvalue weighted by Gasteiger charge is 2.13. The standard InChI is InChI=1S/C11H7O6S/c12-11(10-2-1-7-16-10)8-3-5-9(6-4-8)17-18(13,14)15/h1-3,5-7H,(H,13,14,15). The molecule has 0 saturated carbocycles. The van der Waals surface area contributed by atoms with Gasteiger partial charge in [0.1, 0.15) is 5.75 Å². The second kappa shape index (κ2) is 4.63. The van der Waals surface area contributed by atoms with Crippen LogP contribution in [0.2, 0.25) is 0 Å². The quantitative estimate of drug-likeness (QED) is 0.666. The third kappa shape index (κ3) is 2.96. The van der Waals surface area contributed by atoms with Crippen LogP contribution in [-0.4, -0.2) is 18.8 Å². The number of furan rings is 1. The number of ketones is 1. The van der Waals surface area contributed by atoms with Crippen LogP contribution in [0.3, 0.4) is 0 Å². The molecule has 0 amide bonds. The van der Waals surface area contributed by atoms with Crippen LogP contribution in [0.5, 0.6) is 5.75 Å². The van der Waals surface area contributed by atoms with Crippen molar-refractivity contribution in [2.24, 2.45) is 0 Å². The van der Waals surface area contributed by atoms with Gasteiger partial charge in [-0.25, -0.2) is 0 Å². The van der Waals surface area contributed by atoms with E-state index in [1.54, 1.807) is 6.07 Å². The van der Waals surface area contributed by atoms with Gasteiger partial charge in [-0.1, -0.05) is 0 Å². The molecule has 93 valence electrons. The molecule has 1 heterocycles. The smallest absolute Gasteiger partial charge is 0.446 e. The largest absolute Gasteiger partial charge is 0.461 e. The molecule has 0 spiro atoms. The molecule has 18 heavy (non-hydrogen) atoms. The van der Waals surface area contributed by atoms with Gasteiger partial charge in [0.15, 0.2) is 5.76 Å². The van der Waals surface area contributed by atoms with E-state index in [4.69, 9.17) is 8.97 Å². The summed E-state index contributed by atoms with van der Waals surface area (Å²) in [6.45, 7) is 0. The zero-order valence-corrected chi connectivity index (χ0v) is 9.68. The highest BCUT2D eigenvalue weighted by atomic mass is 32.3. The average molecular weight is 267 g/mol. The molecule has 1 N–H and O–H groups in total. The summed E-state index contributed by atoms with van der Waals surface area (Å²) in [5.74, 6) is -0.387. The first-order chi connectivity index (χ1) is 8.46. The van der Waals surface area contributed by atoms with Crippen LogP contribution in [0.15, 0.2) is 41.0 Å². The first-order valence-electron chi connectivity index (χ1n) is 4.72. The van der Waals surface area contributed by atoms with E-state index in [9.17, 15) is 13.2 Å². The molecule has 1 aromatic heterocycles. The van der Waals surface area contributed by atoms with Crippen molar-refractivity contribution in [1.82, 2.24) is 0 Å². The Morgan fingerprint density at radius 3 is 2.61 bits per heavy atom. The SMILES string of the molecule is O=C(c1[c]cc(OS(=O)(=O)O)cc1)c1ccco1.